The molecule has 1 aliphatic rings. The van der Waals surface area contributed by atoms with Gasteiger partial charge in [0, 0.05) is 17.8 Å². The fourth-order valence-corrected chi connectivity index (χ4v) is 2.61. The van der Waals surface area contributed by atoms with E-state index >= 15 is 0 Å². The van der Waals surface area contributed by atoms with Gasteiger partial charge in [-0.1, -0.05) is 48.5 Å². The number of carbonyl (C=O) groups is 1. The standard InChI is InChI=1S/C16H15NO2/c18-12-19-16(14-7-2-1-3-8-14)17-11-10-13-6-4-5-9-15(13)17/h1-9,12,16H,10-11H2. The van der Waals surface area contributed by atoms with Crippen LogP contribution in [-0.2, 0) is 16.0 Å². The monoisotopic (exact) mass is 253 g/mol. The molecule has 0 amide bonds. The number of ether oxygens (including phenoxy) is 1. The highest BCUT2D eigenvalue weighted by molar-refractivity contribution is 5.59. The summed E-state index contributed by atoms with van der Waals surface area (Å²) in [6, 6.07) is 18.1. The van der Waals surface area contributed by atoms with Crippen molar-refractivity contribution < 1.29 is 9.53 Å². The maximum absolute atomic E-state index is 10.8. The molecule has 2 aromatic carbocycles. The van der Waals surface area contributed by atoms with Crippen molar-refractivity contribution in [1.29, 1.82) is 0 Å². The van der Waals surface area contributed by atoms with Gasteiger partial charge in [-0.25, -0.2) is 0 Å². The minimum Gasteiger partial charge on any atom is -0.439 e. The second-order valence-electron chi connectivity index (χ2n) is 4.57. The Bertz CT molecular complexity index is 568. The van der Waals surface area contributed by atoms with E-state index in [1.54, 1.807) is 0 Å². The SMILES string of the molecule is O=COC(c1ccccc1)N1CCc2ccccc21. The number of fused-ring (bicyclic) bond motifs is 1. The normalized spacial score (nSPS) is 14.8. The quantitative estimate of drug-likeness (QED) is 0.785. The van der Waals surface area contributed by atoms with E-state index in [4.69, 9.17) is 4.74 Å². The third-order valence-electron chi connectivity index (χ3n) is 3.48. The number of hydrogen-bond acceptors (Lipinski definition) is 3. The van der Waals surface area contributed by atoms with Crippen molar-refractivity contribution in [1.82, 2.24) is 0 Å². The van der Waals surface area contributed by atoms with Crippen LogP contribution in [0.5, 0.6) is 0 Å². The first-order valence-corrected chi connectivity index (χ1v) is 6.39. The summed E-state index contributed by atoms with van der Waals surface area (Å²) in [5.41, 5.74) is 3.45. The first kappa shape index (κ1) is 11.8. The minimum atomic E-state index is -0.345. The second-order valence-corrected chi connectivity index (χ2v) is 4.57. The molecule has 96 valence electrons. The van der Waals surface area contributed by atoms with Gasteiger partial charge in [0.2, 0.25) is 6.23 Å². The van der Waals surface area contributed by atoms with E-state index in [0.717, 1.165) is 24.2 Å². The fourth-order valence-electron chi connectivity index (χ4n) is 2.61. The van der Waals surface area contributed by atoms with Gasteiger partial charge in [0.15, 0.2) is 0 Å². The van der Waals surface area contributed by atoms with Crippen LogP contribution in [0.3, 0.4) is 0 Å². The molecule has 1 heterocycles. The van der Waals surface area contributed by atoms with Crippen molar-refractivity contribution in [2.24, 2.45) is 0 Å². The Kier molecular flexibility index (Phi) is 3.19. The lowest BCUT2D eigenvalue weighted by atomic mass is 10.1. The summed E-state index contributed by atoms with van der Waals surface area (Å²) >= 11 is 0. The molecule has 3 nitrogen and oxygen atoms in total. The van der Waals surface area contributed by atoms with E-state index in [0.29, 0.717) is 6.47 Å². The molecule has 1 atom stereocenters. The van der Waals surface area contributed by atoms with Crippen molar-refractivity contribution in [2.45, 2.75) is 12.6 Å². The number of rotatable bonds is 4. The summed E-state index contributed by atoms with van der Waals surface area (Å²) in [5, 5.41) is 0. The van der Waals surface area contributed by atoms with E-state index in [2.05, 4.69) is 17.0 Å². The molecule has 0 saturated heterocycles. The predicted octanol–water partition coefficient (Wildman–Crippen LogP) is 2.92. The van der Waals surface area contributed by atoms with Crippen LogP contribution in [0.25, 0.3) is 0 Å². The highest BCUT2D eigenvalue weighted by Gasteiger charge is 2.27. The molecule has 1 unspecified atom stereocenters. The number of nitrogens with zero attached hydrogens (tertiary/aromatic N) is 1. The summed E-state index contributed by atoms with van der Waals surface area (Å²) in [6.45, 7) is 1.39. The highest BCUT2D eigenvalue weighted by atomic mass is 16.5. The largest absolute Gasteiger partial charge is 0.439 e. The number of anilines is 1. The zero-order valence-electron chi connectivity index (χ0n) is 10.5. The third kappa shape index (κ3) is 2.19. The lowest BCUT2D eigenvalue weighted by Gasteiger charge is -2.28. The fraction of sp³-hybridized carbons (Fsp3) is 0.188. The maximum Gasteiger partial charge on any atom is 0.295 e. The van der Waals surface area contributed by atoms with Gasteiger partial charge in [0.05, 0.1) is 0 Å². The Morgan fingerprint density at radius 3 is 2.58 bits per heavy atom. The first-order valence-electron chi connectivity index (χ1n) is 6.39. The Balaban J connectivity index is 1.96. The van der Waals surface area contributed by atoms with Gasteiger partial charge in [0.25, 0.3) is 6.47 Å². The summed E-state index contributed by atoms with van der Waals surface area (Å²) < 4.78 is 5.31. The zero-order chi connectivity index (χ0) is 13.1. The van der Waals surface area contributed by atoms with Gasteiger partial charge >= 0.3 is 0 Å². The lowest BCUT2D eigenvalue weighted by molar-refractivity contribution is -0.133. The molecular formula is C16H15NO2. The van der Waals surface area contributed by atoms with Crippen LogP contribution < -0.4 is 4.90 Å². The van der Waals surface area contributed by atoms with Crippen LogP contribution in [0.1, 0.15) is 17.4 Å². The second kappa shape index (κ2) is 5.14. The van der Waals surface area contributed by atoms with Gasteiger partial charge in [-0.3, -0.25) is 4.79 Å². The molecule has 3 heteroatoms. The molecule has 0 bridgehead atoms. The predicted molar refractivity (Wildman–Crippen MR) is 73.8 cm³/mol. The van der Waals surface area contributed by atoms with Crippen LogP contribution in [0, 0.1) is 0 Å². The molecule has 0 aliphatic carbocycles. The van der Waals surface area contributed by atoms with E-state index in [1.165, 1.54) is 5.56 Å². The smallest absolute Gasteiger partial charge is 0.295 e. The third-order valence-corrected chi connectivity index (χ3v) is 3.48. The topological polar surface area (TPSA) is 29.5 Å². The van der Waals surface area contributed by atoms with E-state index in [1.807, 2.05) is 42.5 Å². The Hall–Kier alpha value is -2.29. The molecule has 0 aromatic heterocycles. The number of hydrogen-bond donors (Lipinski definition) is 0. The molecule has 0 saturated carbocycles. The van der Waals surface area contributed by atoms with Gasteiger partial charge in [-0.2, -0.15) is 0 Å². The van der Waals surface area contributed by atoms with Gasteiger partial charge in [-0.05, 0) is 18.1 Å². The molecule has 0 spiro atoms. The molecule has 19 heavy (non-hydrogen) atoms. The van der Waals surface area contributed by atoms with Crippen molar-refractivity contribution in [3.8, 4) is 0 Å². The Morgan fingerprint density at radius 2 is 1.79 bits per heavy atom. The van der Waals surface area contributed by atoms with Crippen LogP contribution in [0.2, 0.25) is 0 Å². The Labute approximate surface area is 112 Å². The van der Waals surface area contributed by atoms with Crippen molar-refractivity contribution in [3.05, 3.63) is 65.7 Å². The van der Waals surface area contributed by atoms with Crippen molar-refractivity contribution in [2.75, 3.05) is 11.4 Å². The van der Waals surface area contributed by atoms with Crippen molar-refractivity contribution >= 4 is 12.2 Å². The van der Waals surface area contributed by atoms with Crippen LogP contribution in [0.15, 0.2) is 54.6 Å². The molecular weight excluding hydrogens is 238 g/mol. The summed E-state index contributed by atoms with van der Waals surface area (Å²) in [4.78, 5) is 12.9. The van der Waals surface area contributed by atoms with E-state index < -0.39 is 0 Å². The van der Waals surface area contributed by atoms with Gasteiger partial charge < -0.3 is 9.64 Å². The first-order chi connectivity index (χ1) is 9.40. The molecule has 3 rings (SSSR count). The number of carbonyl (C=O) groups excluding carboxylic acids is 1. The number of para-hydroxylation sites is 1. The van der Waals surface area contributed by atoms with Gasteiger partial charge in [0.1, 0.15) is 0 Å². The van der Waals surface area contributed by atoms with Crippen molar-refractivity contribution in [3.63, 3.8) is 0 Å². The Morgan fingerprint density at radius 1 is 1.05 bits per heavy atom. The number of benzene rings is 2. The minimum absolute atomic E-state index is 0.345. The van der Waals surface area contributed by atoms with Gasteiger partial charge in [-0.15, -0.1) is 0 Å². The summed E-state index contributed by atoms with van der Waals surface area (Å²) in [6.07, 6.45) is 0.643. The molecule has 1 aliphatic heterocycles. The average molecular weight is 253 g/mol. The van der Waals surface area contributed by atoms with Crippen LogP contribution >= 0.6 is 0 Å². The highest BCUT2D eigenvalue weighted by Crippen LogP contribution is 2.35. The average Bonchev–Trinajstić information content (AvgIpc) is 2.89. The van der Waals surface area contributed by atoms with Crippen LogP contribution in [-0.4, -0.2) is 13.0 Å². The zero-order valence-corrected chi connectivity index (χ0v) is 10.5. The van der Waals surface area contributed by atoms with Crippen LogP contribution in [0.4, 0.5) is 5.69 Å². The van der Waals surface area contributed by atoms with E-state index in [-0.39, 0.29) is 6.23 Å². The molecule has 2 aromatic rings. The molecule has 0 radical (unpaired) electrons. The molecule has 0 N–H and O–H groups in total. The lowest BCUT2D eigenvalue weighted by Crippen LogP contribution is -2.28. The summed E-state index contributed by atoms with van der Waals surface area (Å²) in [5.74, 6) is 0. The van der Waals surface area contributed by atoms with E-state index in [9.17, 15) is 4.79 Å². The maximum atomic E-state index is 10.8. The summed E-state index contributed by atoms with van der Waals surface area (Å²) in [7, 11) is 0. The molecule has 0 fully saturated rings.